The van der Waals surface area contributed by atoms with Crippen LogP contribution in [0.1, 0.15) is 45.7 Å². The van der Waals surface area contributed by atoms with Crippen LogP contribution in [0, 0.1) is 17.0 Å². The highest BCUT2D eigenvalue weighted by atomic mass is 16.6. The average Bonchev–Trinajstić information content (AvgIpc) is 2.55. The number of carbonyl (C=O) groups excluding carboxylic acids is 1. The van der Waals surface area contributed by atoms with Crippen LogP contribution in [0.2, 0.25) is 0 Å². The Morgan fingerprint density at radius 3 is 2.15 bits per heavy atom. The summed E-state index contributed by atoms with van der Waals surface area (Å²) in [5.41, 5.74) is 0.725. The number of rotatable bonds is 5. The zero-order chi connectivity index (χ0) is 20.4. The molecular weight excluding hydrogens is 344 g/mol. The molecule has 2 aromatic carbocycles. The van der Waals surface area contributed by atoms with Crippen molar-refractivity contribution in [3.05, 3.63) is 63.7 Å². The largest absolute Gasteiger partial charge is 0.478 e. The fraction of sp³-hybridized carbons (Fsp3) is 0.381. The summed E-state index contributed by atoms with van der Waals surface area (Å²) in [5.74, 6) is 0.0934. The second-order valence-corrected chi connectivity index (χ2v) is 8.12. The maximum atomic E-state index is 12.7. The molecule has 2 aromatic rings. The monoisotopic (exact) mass is 370 g/mol. The normalized spacial score (nSPS) is 11.8. The molecule has 0 aliphatic rings. The number of nitrogens with zero attached hydrogens (tertiary/aromatic N) is 1. The molecule has 1 N–H and O–H groups in total. The van der Waals surface area contributed by atoms with Gasteiger partial charge in [-0.25, -0.2) is 0 Å². The van der Waals surface area contributed by atoms with Crippen molar-refractivity contribution in [3.8, 4) is 5.75 Å². The molecule has 1 amide bonds. The topological polar surface area (TPSA) is 81.5 Å². The van der Waals surface area contributed by atoms with Crippen molar-refractivity contribution in [2.45, 2.75) is 52.6 Å². The minimum Gasteiger partial charge on any atom is -0.478 e. The van der Waals surface area contributed by atoms with Crippen LogP contribution in [0.4, 0.5) is 11.4 Å². The van der Waals surface area contributed by atoms with E-state index in [2.05, 4.69) is 26.1 Å². The van der Waals surface area contributed by atoms with E-state index in [-0.39, 0.29) is 16.8 Å². The van der Waals surface area contributed by atoms with Gasteiger partial charge in [0.25, 0.3) is 11.6 Å². The number of hydrogen-bond donors (Lipinski definition) is 1. The first-order chi connectivity index (χ1) is 12.4. The van der Waals surface area contributed by atoms with Crippen LogP contribution < -0.4 is 10.1 Å². The second kappa shape index (κ2) is 7.39. The third kappa shape index (κ3) is 5.06. The Kier molecular flexibility index (Phi) is 5.59. The van der Waals surface area contributed by atoms with Crippen molar-refractivity contribution in [1.82, 2.24) is 0 Å². The predicted molar refractivity (Wildman–Crippen MR) is 106 cm³/mol. The number of nitro benzene ring substituents is 1. The molecule has 0 radical (unpaired) electrons. The zero-order valence-electron chi connectivity index (χ0n) is 16.6. The number of aryl methyl sites for hydroxylation is 1. The van der Waals surface area contributed by atoms with Crippen molar-refractivity contribution < 1.29 is 14.5 Å². The molecule has 6 nitrogen and oxygen atoms in total. The van der Waals surface area contributed by atoms with Gasteiger partial charge in [-0.1, -0.05) is 39.0 Å². The number of benzene rings is 2. The third-order valence-corrected chi connectivity index (χ3v) is 4.24. The molecule has 0 spiro atoms. The molecule has 2 rings (SSSR count). The number of amides is 1. The number of anilines is 1. The maximum absolute atomic E-state index is 12.7. The smallest absolute Gasteiger partial charge is 0.293 e. The Labute approximate surface area is 159 Å². The summed E-state index contributed by atoms with van der Waals surface area (Å²) in [5, 5.41) is 13.8. The molecule has 0 fully saturated rings. The van der Waals surface area contributed by atoms with Gasteiger partial charge < -0.3 is 10.1 Å². The molecule has 0 bridgehead atoms. The lowest BCUT2D eigenvalue weighted by Crippen LogP contribution is -2.42. The number of hydrogen-bond acceptors (Lipinski definition) is 4. The van der Waals surface area contributed by atoms with E-state index in [9.17, 15) is 14.9 Å². The summed E-state index contributed by atoms with van der Waals surface area (Å²) in [6.45, 7) is 11.4. The standard InChI is InChI=1S/C21H26N2O4/c1-14-7-12-17(18(13-14)23(25)26)22-19(24)21(5,6)27-16-10-8-15(9-11-16)20(2,3)4/h7-13H,1-6H3,(H,22,24). The molecule has 0 aliphatic heterocycles. The number of nitrogens with one attached hydrogen (secondary N) is 1. The first kappa shape index (κ1) is 20.4. The van der Waals surface area contributed by atoms with Gasteiger partial charge in [0.15, 0.2) is 5.60 Å². The van der Waals surface area contributed by atoms with Gasteiger partial charge in [-0.05, 0) is 55.5 Å². The Balaban J connectivity index is 2.17. The fourth-order valence-electron chi connectivity index (χ4n) is 2.54. The highest BCUT2D eigenvalue weighted by Crippen LogP contribution is 2.28. The van der Waals surface area contributed by atoms with Crippen LogP contribution in [-0.2, 0) is 10.2 Å². The highest BCUT2D eigenvalue weighted by Gasteiger charge is 2.31. The van der Waals surface area contributed by atoms with E-state index in [1.54, 1.807) is 26.8 Å². The molecule has 27 heavy (non-hydrogen) atoms. The van der Waals surface area contributed by atoms with Crippen LogP contribution >= 0.6 is 0 Å². The minimum absolute atomic E-state index is 0.0236. The molecule has 0 saturated carbocycles. The van der Waals surface area contributed by atoms with Gasteiger partial charge in [0, 0.05) is 6.07 Å². The Bertz CT molecular complexity index is 849. The quantitative estimate of drug-likeness (QED) is 0.593. The van der Waals surface area contributed by atoms with Crippen LogP contribution in [0.3, 0.4) is 0 Å². The molecule has 0 saturated heterocycles. The summed E-state index contributed by atoms with van der Waals surface area (Å²) in [6.07, 6.45) is 0. The van der Waals surface area contributed by atoms with Crippen LogP contribution in [0.15, 0.2) is 42.5 Å². The summed E-state index contributed by atoms with van der Waals surface area (Å²) in [4.78, 5) is 23.4. The third-order valence-electron chi connectivity index (χ3n) is 4.24. The van der Waals surface area contributed by atoms with Crippen molar-refractivity contribution in [1.29, 1.82) is 0 Å². The van der Waals surface area contributed by atoms with E-state index in [1.807, 2.05) is 24.3 Å². The van der Waals surface area contributed by atoms with Gasteiger partial charge in [-0.15, -0.1) is 0 Å². The minimum atomic E-state index is -1.21. The number of carbonyl (C=O) groups is 1. The van der Waals surface area contributed by atoms with Crippen molar-refractivity contribution in [2.24, 2.45) is 0 Å². The first-order valence-electron chi connectivity index (χ1n) is 8.76. The maximum Gasteiger partial charge on any atom is 0.293 e. The van der Waals surface area contributed by atoms with E-state index < -0.39 is 16.4 Å². The van der Waals surface area contributed by atoms with E-state index in [1.165, 1.54) is 12.1 Å². The second-order valence-electron chi connectivity index (χ2n) is 8.12. The lowest BCUT2D eigenvalue weighted by Gasteiger charge is -2.26. The SMILES string of the molecule is Cc1ccc(NC(=O)C(C)(C)Oc2ccc(C(C)(C)C)cc2)c([N+](=O)[O-])c1. The van der Waals surface area contributed by atoms with Gasteiger partial charge in [-0.3, -0.25) is 14.9 Å². The van der Waals surface area contributed by atoms with Crippen LogP contribution in [-0.4, -0.2) is 16.4 Å². The van der Waals surface area contributed by atoms with Crippen molar-refractivity contribution in [2.75, 3.05) is 5.32 Å². The van der Waals surface area contributed by atoms with Gasteiger partial charge >= 0.3 is 0 Å². The molecule has 0 aromatic heterocycles. The van der Waals surface area contributed by atoms with Crippen LogP contribution in [0.25, 0.3) is 0 Å². The molecule has 6 heteroatoms. The molecule has 0 atom stereocenters. The molecule has 0 unspecified atom stereocenters. The fourth-order valence-corrected chi connectivity index (χ4v) is 2.54. The Hall–Kier alpha value is -2.89. The lowest BCUT2D eigenvalue weighted by molar-refractivity contribution is -0.384. The molecule has 144 valence electrons. The van der Waals surface area contributed by atoms with Gasteiger partial charge in [0.1, 0.15) is 11.4 Å². The Morgan fingerprint density at radius 1 is 1.04 bits per heavy atom. The van der Waals surface area contributed by atoms with E-state index in [0.29, 0.717) is 5.75 Å². The zero-order valence-corrected chi connectivity index (χ0v) is 16.6. The van der Waals surface area contributed by atoms with Crippen molar-refractivity contribution >= 4 is 17.3 Å². The van der Waals surface area contributed by atoms with Crippen molar-refractivity contribution in [3.63, 3.8) is 0 Å². The first-order valence-corrected chi connectivity index (χ1v) is 8.76. The lowest BCUT2D eigenvalue weighted by atomic mass is 9.87. The van der Waals surface area contributed by atoms with E-state index in [4.69, 9.17) is 4.74 Å². The molecule has 0 heterocycles. The van der Waals surface area contributed by atoms with E-state index >= 15 is 0 Å². The van der Waals surface area contributed by atoms with Gasteiger partial charge in [0.2, 0.25) is 0 Å². The van der Waals surface area contributed by atoms with Gasteiger partial charge in [-0.2, -0.15) is 0 Å². The molecular formula is C21H26N2O4. The number of nitro groups is 1. The number of ether oxygens (including phenoxy) is 1. The summed E-state index contributed by atoms with van der Waals surface area (Å²) < 4.78 is 5.85. The summed E-state index contributed by atoms with van der Waals surface area (Å²) in [6, 6.07) is 12.2. The van der Waals surface area contributed by atoms with E-state index in [0.717, 1.165) is 11.1 Å². The van der Waals surface area contributed by atoms with Crippen LogP contribution in [0.5, 0.6) is 5.75 Å². The summed E-state index contributed by atoms with van der Waals surface area (Å²) >= 11 is 0. The molecule has 0 aliphatic carbocycles. The highest BCUT2D eigenvalue weighted by molar-refractivity contribution is 5.98. The summed E-state index contributed by atoms with van der Waals surface area (Å²) in [7, 11) is 0. The predicted octanol–water partition coefficient (Wildman–Crippen LogP) is 5.00. The Morgan fingerprint density at radius 2 is 1.63 bits per heavy atom. The average molecular weight is 370 g/mol. The van der Waals surface area contributed by atoms with Gasteiger partial charge in [0.05, 0.1) is 4.92 Å².